The van der Waals surface area contributed by atoms with E-state index in [0.717, 1.165) is 11.1 Å². The van der Waals surface area contributed by atoms with Crippen molar-refractivity contribution in [3.63, 3.8) is 0 Å². The molecule has 0 N–H and O–H groups in total. The maximum absolute atomic E-state index is 5.98. The quantitative estimate of drug-likeness (QED) is 0.816. The summed E-state index contributed by atoms with van der Waals surface area (Å²) in [6, 6.07) is 16.5. The van der Waals surface area contributed by atoms with Crippen LogP contribution in [-0.4, -0.2) is 6.61 Å². The highest BCUT2D eigenvalue weighted by Crippen LogP contribution is 2.41. The van der Waals surface area contributed by atoms with E-state index in [2.05, 4.69) is 44.7 Å². The molecular weight excluding hydrogens is 248 g/mol. The van der Waals surface area contributed by atoms with Crippen LogP contribution in [0.1, 0.15) is 22.3 Å². The van der Waals surface area contributed by atoms with E-state index < -0.39 is 5.79 Å². The van der Waals surface area contributed by atoms with Gasteiger partial charge < -0.3 is 9.47 Å². The second-order valence-electron chi connectivity index (χ2n) is 5.28. The fourth-order valence-corrected chi connectivity index (χ4v) is 2.44. The highest BCUT2D eigenvalue weighted by atomic mass is 16.7. The van der Waals surface area contributed by atoms with Crippen molar-refractivity contribution in [2.75, 3.05) is 6.61 Å². The standard InChI is InChI=1S/C18H18O2/c1-13-4-8-16(9-5-13)18(19-12-15(3)20-18)17-10-6-14(2)7-11-17/h4-11H,3,12H2,1-2H3. The van der Waals surface area contributed by atoms with Gasteiger partial charge in [-0.3, -0.25) is 0 Å². The fraction of sp³-hybridized carbons (Fsp3) is 0.222. The molecule has 3 rings (SSSR count). The molecule has 0 aromatic heterocycles. The summed E-state index contributed by atoms with van der Waals surface area (Å²) in [5, 5.41) is 0. The van der Waals surface area contributed by atoms with E-state index in [-0.39, 0.29) is 0 Å². The van der Waals surface area contributed by atoms with Gasteiger partial charge in [-0.15, -0.1) is 0 Å². The largest absolute Gasteiger partial charge is 0.456 e. The van der Waals surface area contributed by atoms with E-state index in [4.69, 9.17) is 9.47 Å². The van der Waals surface area contributed by atoms with Gasteiger partial charge in [-0.25, -0.2) is 0 Å². The number of hydrogen-bond acceptors (Lipinski definition) is 2. The van der Waals surface area contributed by atoms with E-state index in [1.807, 2.05) is 24.3 Å². The van der Waals surface area contributed by atoms with E-state index in [0.29, 0.717) is 12.4 Å². The summed E-state index contributed by atoms with van der Waals surface area (Å²) in [6.07, 6.45) is 0. The molecule has 2 aromatic rings. The van der Waals surface area contributed by atoms with Crippen molar-refractivity contribution in [3.05, 3.63) is 83.1 Å². The first-order valence-electron chi connectivity index (χ1n) is 6.75. The second kappa shape index (κ2) is 4.80. The van der Waals surface area contributed by atoms with Crippen LogP contribution in [0.2, 0.25) is 0 Å². The maximum atomic E-state index is 5.98. The van der Waals surface area contributed by atoms with Gasteiger partial charge in [0.05, 0.1) is 0 Å². The van der Waals surface area contributed by atoms with E-state index in [1.165, 1.54) is 11.1 Å². The Labute approximate surface area is 119 Å². The molecule has 0 unspecified atom stereocenters. The highest BCUT2D eigenvalue weighted by molar-refractivity contribution is 5.38. The molecule has 1 aliphatic rings. The lowest BCUT2D eigenvalue weighted by atomic mass is 9.96. The van der Waals surface area contributed by atoms with Crippen molar-refractivity contribution in [1.82, 2.24) is 0 Å². The van der Waals surface area contributed by atoms with Crippen molar-refractivity contribution in [3.8, 4) is 0 Å². The Kier molecular flexibility index (Phi) is 3.11. The molecular formula is C18H18O2. The third kappa shape index (κ3) is 2.12. The third-order valence-electron chi connectivity index (χ3n) is 3.59. The SMILES string of the molecule is C=C1COC(c2ccc(C)cc2)(c2ccc(C)cc2)O1. The first kappa shape index (κ1) is 12.9. The van der Waals surface area contributed by atoms with Crippen LogP contribution >= 0.6 is 0 Å². The van der Waals surface area contributed by atoms with Crippen LogP contribution in [0.3, 0.4) is 0 Å². The molecule has 1 fully saturated rings. The molecule has 0 spiro atoms. The summed E-state index contributed by atoms with van der Waals surface area (Å²) in [5.41, 5.74) is 4.41. The summed E-state index contributed by atoms with van der Waals surface area (Å²) >= 11 is 0. The molecule has 2 nitrogen and oxygen atoms in total. The zero-order valence-corrected chi connectivity index (χ0v) is 11.8. The van der Waals surface area contributed by atoms with Crippen LogP contribution < -0.4 is 0 Å². The van der Waals surface area contributed by atoms with Crippen molar-refractivity contribution >= 4 is 0 Å². The Morgan fingerprint density at radius 1 is 0.850 bits per heavy atom. The molecule has 2 heteroatoms. The Bertz CT molecular complexity index is 578. The molecule has 0 atom stereocenters. The van der Waals surface area contributed by atoms with Gasteiger partial charge in [-0.2, -0.15) is 0 Å². The zero-order valence-electron chi connectivity index (χ0n) is 11.8. The van der Waals surface area contributed by atoms with Crippen LogP contribution in [0, 0.1) is 13.8 Å². The van der Waals surface area contributed by atoms with Gasteiger partial charge in [0.15, 0.2) is 0 Å². The normalized spacial score (nSPS) is 17.0. The van der Waals surface area contributed by atoms with Gasteiger partial charge in [0.25, 0.3) is 5.79 Å². The Hall–Kier alpha value is -2.06. The maximum Gasteiger partial charge on any atom is 0.264 e. The zero-order chi connectivity index (χ0) is 14.2. The number of ether oxygens (including phenoxy) is 2. The van der Waals surface area contributed by atoms with Gasteiger partial charge in [0.1, 0.15) is 12.4 Å². The van der Waals surface area contributed by atoms with Gasteiger partial charge in [-0.05, 0) is 13.8 Å². The average molecular weight is 266 g/mol. The van der Waals surface area contributed by atoms with E-state index in [1.54, 1.807) is 0 Å². The predicted octanol–water partition coefficient (Wildman–Crippen LogP) is 4.07. The minimum absolute atomic E-state index is 0.418. The van der Waals surface area contributed by atoms with Gasteiger partial charge in [0, 0.05) is 11.1 Å². The first-order chi connectivity index (χ1) is 9.60. The van der Waals surface area contributed by atoms with Crippen LogP contribution in [0.4, 0.5) is 0 Å². The summed E-state index contributed by atoms with van der Waals surface area (Å²) in [4.78, 5) is 0. The van der Waals surface area contributed by atoms with Crippen LogP contribution in [0.25, 0.3) is 0 Å². The molecule has 1 aliphatic heterocycles. The summed E-state index contributed by atoms with van der Waals surface area (Å²) in [5.74, 6) is -0.204. The smallest absolute Gasteiger partial charge is 0.264 e. The summed E-state index contributed by atoms with van der Waals surface area (Å²) in [6.45, 7) is 8.44. The van der Waals surface area contributed by atoms with Crippen molar-refractivity contribution < 1.29 is 9.47 Å². The molecule has 0 saturated carbocycles. The summed E-state index contributed by atoms with van der Waals surface area (Å²) < 4.78 is 12.0. The van der Waals surface area contributed by atoms with Crippen molar-refractivity contribution in [2.24, 2.45) is 0 Å². The topological polar surface area (TPSA) is 18.5 Å². The number of benzene rings is 2. The minimum atomic E-state index is -0.863. The number of hydrogen-bond donors (Lipinski definition) is 0. The third-order valence-corrected chi connectivity index (χ3v) is 3.59. The summed E-state index contributed by atoms with van der Waals surface area (Å²) in [7, 11) is 0. The lowest BCUT2D eigenvalue weighted by molar-refractivity contribution is -0.120. The van der Waals surface area contributed by atoms with Crippen molar-refractivity contribution in [1.29, 1.82) is 0 Å². The van der Waals surface area contributed by atoms with E-state index >= 15 is 0 Å². The van der Waals surface area contributed by atoms with Crippen LogP contribution in [0.15, 0.2) is 60.9 Å². The molecule has 20 heavy (non-hydrogen) atoms. The molecule has 1 heterocycles. The fourth-order valence-electron chi connectivity index (χ4n) is 2.44. The Balaban J connectivity index is 2.12. The van der Waals surface area contributed by atoms with Crippen molar-refractivity contribution in [2.45, 2.75) is 19.6 Å². The lowest BCUT2D eigenvalue weighted by Crippen LogP contribution is -2.28. The highest BCUT2D eigenvalue weighted by Gasteiger charge is 2.43. The van der Waals surface area contributed by atoms with Gasteiger partial charge in [-0.1, -0.05) is 66.2 Å². The minimum Gasteiger partial charge on any atom is -0.456 e. The van der Waals surface area contributed by atoms with Crippen LogP contribution in [0.5, 0.6) is 0 Å². The molecule has 102 valence electrons. The second-order valence-corrected chi connectivity index (χ2v) is 5.28. The predicted molar refractivity (Wildman–Crippen MR) is 79.3 cm³/mol. The number of aryl methyl sites for hydroxylation is 2. The number of rotatable bonds is 2. The molecule has 1 saturated heterocycles. The molecule has 0 aliphatic carbocycles. The first-order valence-corrected chi connectivity index (χ1v) is 6.75. The molecule has 0 radical (unpaired) electrons. The molecule has 0 bridgehead atoms. The van der Waals surface area contributed by atoms with Crippen LogP contribution in [-0.2, 0) is 15.3 Å². The lowest BCUT2D eigenvalue weighted by Gasteiger charge is -2.28. The van der Waals surface area contributed by atoms with Gasteiger partial charge in [0.2, 0.25) is 0 Å². The average Bonchev–Trinajstić information content (AvgIpc) is 2.84. The van der Waals surface area contributed by atoms with E-state index in [9.17, 15) is 0 Å². The Morgan fingerprint density at radius 3 is 1.65 bits per heavy atom. The monoisotopic (exact) mass is 266 g/mol. The Morgan fingerprint density at radius 2 is 1.30 bits per heavy atom. The molecule has 0 amide bonds. The molecule has 2 aromatic carbocycles. The van der Waals surface area contributed by atoms with Gasteiger partial charge >= 0.3 is 0 Å².